The fourth-order valence-corrected chi connectivity index (χ4v) is 1.89. The van der Waals surface area contributed by atoms with E-state index >= 15 is 0 Å². The molecule has 1 aliphatic heterocycles. The highest BCUT2D eigenvalue weighted by molar-refractivity contribution is 6.08. The highest BCUT2D eigenvalue weighted by Crippen LogP contribution is 2.20. The lowest BCUT2D eigenvalue weighted by Crippen LogP contribution is -2.47. The van der Waals surface area contributed by atoms with E-state index in [2.05, 4.69) is 10.6 Å². The van der Waals surface area contributed by atoms with Crippen LogP contribution in [-0.4, -0.2) is 53.4 Å². The van der Waals surface area contributed by atoms with Crippen LogP contribution in [-0.2, 0) is 19.1 Å². The van der Waals surface area contributed by atoms with E-state index in [1.165, 1.54) is 6.92 Å². The van der Waals surface area contributed by atoms with Gasteiger partial charge in [0.15, 0.2) is 0 Å². The first kappa shape index (κ1) is 16.9. The van der Waals surface area contributed by atoms with E-state index in [9.17, 15) is 19.2 Å². The number of nitrogens with one attached hydrogen (secondary N) is 2. The van der Waals surface area contributed by atoms with Crippen molar-refractivity contribution in [2.75, 3.05) is 13.2 Å². The molecule has 2 N–H and O–H groups in total. The number of amides is 4. The molecule has 1 heterocycles. The second-order valence-electron chi connectivity index (χ2n) is 5.05. The minimum absolute atomic E-state index is 0.209. The number of urea groups is 1. The molecule has 2 unspecified atom stereocenters. The number of carbonyl (C=O) groups is 4. The van der Waals surface area contributed by atoms with Crippen LogP contribution in [0.3, 0.4) is 0 Å². The van der Waals surface area contributed by atoms with Crippen LogP contribution in [0.25, 0.3) is 0 Å². The summed E-state index contributed by atoms with van der Waals surface area (Å²) >= 11 is 0. The van der Waals surface area contributed by atoms with Gasteiger partial charge in [0.05, 0.1) is 6.61 Å². The molecule has 0 aromatic carbocycles. The van der Waals surface area contributed by atoms with Gasteiger partial charge in [0.25, 0.3) is 5.91 Å². The van der Waals surface area contributed by atoms with Crippen LogP contribution in [0, 0.1) is 0 Å². The Morgan fingerprint density at radius 1 is 1.38 bits per heavy atom. The van der Waals surface area contributed by atoms with Gasteiger partial charge in [-0.15, -0.1) is 0 Å². The van der Waals surface area contributed by atoms with Gasteiger partial charge in [0, 0.05) is 0 Å². The van der Waals surface area contributed by atoms with E-state index < -0.39 is 41.9 Å². The van der Waals surface area contributed by atoms with Crippen LogP contribution < -0.4 is 10.6 Å². The van der Waals surface area contributed by atoms with Crippen molar-refractivity contribution in [1.29, 1.82) is 0 Å². The Kier molecular flexibility index (Phi) is 5.28. The summed E-state index contributed by atoms with van der Waals surface area (Å²) in [6.45, 7) is 6.28. The molecule has 21 heavy (non-hydrogen) atoms. The van der Waals surface area contributed by atoms with Crippen molar-refractivity contribution in [2.45, 2.75) is 45.7 Å². The molecule has 0 spiro atoms. The summed E-state index contributed by atoms with van der Waals surface area (Å²) in [6.07, 6.45) is 0.426. The second-order valence-corrected chi connectivity index (χ2v) is 5.05. The maximum atomic E-state index is 12.1. The van der Waals surface area contributed by atoms with Crippen molar-refractivity contribution in [2.24, 2.45) is 0 Å². The summed E-state index contributed by atoms with van der Waals surface area (Å²) in [7, 11) is 0. The number of ether oxygens (including phenoxy) is 1. The van der Waals surface area contributed by atoms with Crippen LogP contribution in [0.5, 0.6) is 0 Å². The molecular formula is C13H21N3O5. The lowest BCUT2D eigenvalue weighted by Gasteiger charge is -2.19. The molecule has 118 valence electrons. The van der Waals surface area contributed by atoms with Gasteiger partial charge >= 0.3 is 12.0 Å². The smallest absolute Gasteiger partial charge is 0.328 e. The largest absolute Gasteiger partial charge is 0.464 e. The summed E-state index contributed by atoms with van der Waals surface area (Å²) in [4.78, 5) is 47.9. The summed E-state index contributed by atoms with van der Waals surface area (Å²) in [6, 6.07) is -1.45. The Bertz CT molecular complexity index is 465. The first-order chi connectivity index (χ1) is 9.75. The molecule has 1 rings (SSSR count). The molecule has 1 saturated heterocycles. The SMILES string of the molecule is CCOC(=O)C(C)NC(=O)CN1C(=O)NC(C)(CC)C1=O. The predicted octanol–water partition coefficient (Wildman–Crippen LogP) is -0.225. The number of nitrogens with zero attached hydrogens (tertiary/aromatic N) is 1. The van der Waals surface area contributed by atoms with Crippen molar-refractivity contribution < 1.29 is 23.9 Å². The molecular weight excluding hydrogens is 278 g/mol. The van der Waals surface area contributed by atoms with Gasteiger partial charge in [-0.05, 0) is 27.2 Å². The van der Waals surface area contributed by atoms with Gasteiger partial charge in [-0.2, -0.15) is 0 Å². The highest BCUT2D eigenvalue weighted by atomic mass is 16.5. The summed E-state index contributed by atoms with van der Waals surface area (Å²) in [5.41, 5.74) is -0.982. The number of hydrogen-bond donors (Lipinski definition) is 2. The third-order valence-corrected chi connectivity index (χ3v) is 3.37. The van der Waals surface area contributed by atoms with Gasteiger partial charge < -0.3 is 15.4 Å². The van der Waals surface area contributed by atoms with Gasteiger partial charge in [0.1, 0.15) is 18.1 Å². The van der Waals surface area contributed by atoms with E-state index in [-0.39, 0.29) is 6.61 Å². The molecule has 8 heteroatoms. The Morgan fingerprint density at radius 3 is 2.48 bits per heavy atom. The first-order valence-electron chi connectivity index (χ1n) is 6.85. The number of carbonyl (C=O) groups excluding carboxylic acids is 4. The fourth-order valence-electron chi connectivity index (χ4n) is 1.89. The average Bonchev–Trinajstić information content (AvgIpc) is 2.63. The second kappa shape index (κ2) is 6.55. The Balaban J connectivity index is 2.61. The lowest BCUT2D eigenvalue weighted by molar-refractivity contribution is -0.147. The van der Waals surface area contributed by atoms with E-state index in [0.717, 1.165) is 4.90 Å². The standard InChI is InChI=1S/C13H21N3O5/c1-5-13(4)11(19)16(12(20)15-13)7-9(17)14-8(3)10(18)21-6-2/h8H,5-7H2,1-4H3,(H,14,17)(H,15,20). The van der Waals surface area contributed by atoms with Crippen LogP contribution in [0.15, 0.2) is 0 Å². The van der Waals surface area contributed by atoms with Crippen molar-refractivity contribution in [3.63, 3.8) is 0 Å². The quantitative estimate of drug-likeness (QED) is 0.521. The maximum Gasteiger partial charge on any atom is 0.328 e. The normalized spacial score (nSPS) is 22.8. The molecule has 0 bridgehead atoms. The number of rotatable bonds is 6. The van der Waals surface area contributed by atoms with Gasteiger partial charge in [-0.25, -0.2) is 9.59 Å². The van der Waals surface area contributed by atoms with Crippen LogP contribution in [0.4, 0.5) is 4.79 Å². The van der Waals surface area contributed by atoms with E-state index in [4.69, 9.17) is 4.74 Å². The Hall–Kier alpha value is -2.12. The van der Waals surface area contributed by atoms with Crippen LogP contribution in [0.2, 0.25) is 0 Å². The molecule has 0 aromatic rings. The van der Waals surface area contributed by atoms with Crippen molar-refractivity contribution in [3.05, 3.63) is 0 Å². The molecule has 0 aliphatic carbocycles. The van der Waals surface area contributed by atoms with E-state index in [1.54, 1.807) is 20.8 Å². The molecule has 8 nitrogen and oxygen atoms in total. The van der Waals surface area contributed by atoms with Gasteiger partial charge in [-0.3, -0.25) is 14.5 Å². The third-order valence-electron chi connectivity index (χ3n) is 3.37. The average molecular weight is 299 g/mol. The predicted molar refractivity (Wildman–Crippen MR) is 73.2 cm³/mol. The lowest BCUT2D eigenvalue weighted by atomic mass is 9.99. The van der Waals surface area contributed by atoms with Crippen LogP contribution >= 0.6 is 0 Å². The maximum absolute atomic E-state index is 12.1. The number of imide groups is 1. The molecule has 4 amide bonds. The zero-order chi connectivity index (χ0) is 16.2. The summed E-state index contributed by atoms with van der Waals surface area (Å²) in [5, 5.41) is 4.94. The molecule has 0 aromatic heterocycles. The summed E-state index contributed by atoms with van der Waals surface area (Å²) in [5.74, 6) is -1.62. The molecule has 2 atom stereocenters. The molecule has 0 saturated carbocycles. The zero-order valence-electron chi connectivity index (χ0n) is 12.7. The van der Waals surface area contributed by atoms with E-state index in [1.807, 2.05) is 0 Å². The first-order valence-corrected chi connectivity index (χ1v) is 6.85. The number of hydrogen-bond acceptors (Lipinski definition) is 5. The van der Waals surface area contributed by atoms with Crippen molar-refractivity contribution in [1.82, 2.24) is 15.5 Å². The third kappa shape index (κ3) is 3.71. The minimum Gasteiger partial charge on any atom is -0.464 e. The van der Waals surface area contributed by atoms with Crippen molar-refractivity contribution in [3.8, 4) is 0 Å². The summed E-state index contributed by atoms with van der Waals surface area (Å²) < 4.78 is 4.75. The van der Waals surface area contributed by atoms with Gasteiger partial charge in [0.2, 0.25) is 5.91 Å². The Morgan fingerprint density at radius 2 is 2.00 bits per heavy atom. The number of esters is 1. The molecule has 1 aliphatic rings. The highest BCUT2D eigenvalue weighted by Gasteiger charge is 2.47. The topological polar surface area (TPSA) is 105 Å². The van der Waals surface area contributed by atoms with E-state index in [0.29, 0.717) is 6.42 Å². The molecule has 1 fully saturated rings. The monoisotopic (exact) mass is 299 g/mol. The minimum atomic E-state index is -0.982. The van der Waals surface area contributed by atoms with Gasteiger partial charge in [-0.1, -0.05) is 6.92 Å². The Labute approximate surface area is 123 Å². The zero-order valence-corrected chi connectivity index (χ0v) is 12.7. The fraction of sp³-hybridized carbons (Fsp3) is 0.692. The van der Waals surface area contributed by atoms with Crippen molar-refractivity contribution >= 4 is 23.8 Å². The van der Waals surface area contributed by atoms with Crippen LogP contribution in [0.1, 0.15) is 34.1 Å². The molecule has 0 radical (unpaired) electrons.